The molecule has 1 N–H and O–H groups in total. The number of benzene rings is 1. The first-order chi connectivity index (χ1) is 10.2. The fourth-order valence-corrected chi connectivity index (χ4v) is 3.85. The van der Waals surface area contributed by atoms with E-state index in [1.165, 1.54) is 62.5 Å². The maximum absolute atomic E-state index is 3.59. The molecule has 1 saturated carbocycles. The van der Waals surface area contributed by atoms with Crippen LogP contribution < -0.4 is 5.32 Å². The lowest BCUT2D eigenvalue weighted by Crippen LogP contribution is -2.37. The fraction of sp³-hybridized carbons (Fsp3) is 0.700. The molecule has 0 spiro atoms. The lowest BCUT2D eigenvalue weighted by atomic mass is 9.75. The smallest absolute Gasteiger partial charge is 0.0133 e. The molecule has 0 saturated heterocycles. The molecule has 1 heteroatoms. The minimum absolute atomic E-state index is 0.653. The van der Waals surface area contributed by atoms with Crippen molar-refractivity contribution in [3.8, 4) is 0 Å². The average molecular weight is 287 g/mol. The Balaban J connectivity index is 1.83. The molecular weight excluding hydrogens is 254 g/mol. The first kappa shape index (κ1) is 16.5. The Bertz CT molecular complexity index is 387. The molecule has 1 aliphatic rings. The van der Waals surface area contributed by atoms with Crippen LogP contribution >= 0.6 is 0 Å². The zero-order valence-corrected chi connectivity index (χ0v) is 14.2. The van der Waals surface area contributed by atoms with Crippen molar-refractivity contribution in [2.45, 2.75) is 71.3 Å². The number of rotatable bonds is 7. The zero-order valence-electron chi connectivity index (χ0n) is 14.2. The molecule has 0 aromatic heterocycles. The highest BCUT2D eigenvalue weighted by atomic mass is 14.9. The minimum atomic E-state index is 0.653. The summed E-state index contributed by atoms with van der Waals surface area (Å²) in [6.45, 7) is 4.47. The molecule has 2 rings (SSSR count). The second kappa shape index (κ2) is 8.58. The summed E-state index contributed by atoms with van der Waals surface area (Å²) in [5, 5.41) is 3.59. The summed E-state index contributed by atoms with van der Waals surface area (Å²) >= 11 is 0. The number of unbranched alkanes of at least 4 members (excludes halogenated alkanes) is 1. The number of hydrogen-bond donors (Lipinski definition) is 1. The lowest BCUT2D eigenvalue weighted by Gasteiger charge is -2.34. The molecule has 0 amide bonds. The summed E-state index contributed by atoms with van der Waals surface area (Å²) in [5.74, 6) is 1.88. The van der Waals surface area contributed by atoms with Gasteiger partial charge in [-0.1, -0.05) is 68.9 Å². The number of nitrogens with one attached hydrogen (secondary N) is 1. The highest BCUT2D eigenvalue weighted by Gasteiger charge is 2.26. The minimum Gasteiger partial charge on any atom is -0.316 e. The Hall–Kier alpha value is -0.820. The highest BCUT2D eigenvalue weighted by molar-refractivity contribution is 5.22. The number of likely N-dealkylation sites (N-methyl/N-ethyl adjacent to an activating group) is 1. The molecule has 0 heterocycles. The van der Waals surface area contributed by atoms with E-state index in [1.807, 2.05) is 0 Å². The van der Waals surface area contributed by atoms with Crippen molar-refractivity contribution in [3.63, 3.8) is 0 Å². The van der Waals surface area contributed by atoms with E-state index in [4.69, 9.17) is 0 Å². The largest absolute Gasteiger partial charge is 0.316 e. The van der Waals surface area contributed by atoms with Crippen LogP contribution in [0.3, 0.4) is 0 Å². The van der Waals surface area contributed by atoms with Crippen molar-refractivity contribution in [1.82, 2.24) is 5.32 Å². The highest BCUT2D eigenvalue weighted by Crippen LogP contribution is 2.34. The van der Waals surface area contributed by atoms with Gasteiger partial charge in [0.15, 0.2) is 0 Å². The van der Waals surface area contributed by atoms with Gasteiger partial charge >= 0.3 is 0 Å². The van der Waals surface area contributed by atoms with Crippen molar-refractivity contribution in [1.29, 1.82) is 0 Å². The van der Waals surface area contributed by atoms with Crippen LogP contribution in [0.4, 0.5) is 0 Å². The van der Waals surface area contributed by atoms with E-state index >= 15 is 0 Å². The Labute approximate surface area is 131 Å². The quantitative estimate of drug-likeness (QED) is 0.733. The van der Waals surface area contributed by atoms with E-state index < -0.39 is 0 Å². The standard InChI is InChI=1S/C20H33N/c1-4-5-6-17-11-13-19(14-12-17)20(21-3)15-18-9-7-16(2)8-10-18/h7-10,17,19-21H,4-6,11-15H2,1-3H3. The van der Waals surface area contributed by atoms with Gasteiger partial charge in [-0.3, -0.25) is 0 Å². The molecule has 1 atom stereocenters. The Morgan fingerprint density at radius 2 is 1.76 bits per heavy atom. The van der Waals surface area contributed by atoms with Gasteiger partial charge in [0.1, 0.15) is 0 Å². The molecule has 21 heavy (non-hydrogen) atoms. The first-order valence-corrected chi connectivity index (χ1v) is 8.95. The van der Waals surface area contributed by atoms with Gasteiger partial charge in [-0.15, -0.1) is 0 Å². The zero-order chi connectivity index (χ0) is 15.1. The normalized spacial score (nSPS) is 24.0. The molecule has 1 unspecified atom stereocenters. The molecule has 1 aliphatic carbocycles. The Kier molecular flexibility index (Phi) is 6.76. The summed E-state index contributed by atoms with van der Waals surface area (Å²) < 4.78 is 0. The van der Waals surface area contributed by atoms with Gasteiger partial charge in [0.25, 0.3) is 0 Å². The van der Waals surface area contributed by atoms with Gasteiger partial charge in [0.05, 0.1) is 0 Å². The monoisotopic (exact) mass is 287 g/mol. The second-order valence-electron chi connectivity index (χ2n) is 7.01. The van der Waals surface area contributed by atoms with E-state index in [1.54, 1.807) is 0 Å². The van der Waals surface area contributed by atoms with Crippen molar-refractivity contribution in [2.24, 2.45) is 11.8 Å². The molecule has 1 nitrogen and oxygen atoms in total. The first-order valence-electron chi connectivity index (χ1n) is 8.95. The summed E-state index contributed by atoms with van der Waals surface area (Å²) in [6.07, 6.45) is 11.2. The molecule has 0 aliphatic heterocycles. The van der Waals surface area contributed by atoms with Gasteiger partial charge in [-0.05, 0) is 50.6 Å². The predicted molar refractivity (Wildman–Crippen MR) is 92.7 cm³/mol. The van der Waals surface area contributed by atoms with E-state index in [0.29, 0.717) is 6.04 Å². The van der Waals surface area contributed by atoms with Crippen LogP contribution in [0.2, 0.25) is 0 Å². The third-order valence-corrected chi connectivity index (χ3v) is 5.37. The van der Waals surface area contributed by atoms with E-state index in [0.717, 1.165) is 11.8 Å². The van der Waals surface area contributed by atoms with Crippen LogP contribution in [0.25, 0.3) is 0 Å². The van der Waals surface area contributed by atoms with Gasteiger partial charge in [0.2, 0.25) is 0 Å². The van der Waals surface area contributed by atoms with Crippen LogP contribution in [-0.4, -0.2) is 13.1 Å². The van der Waals surface area contributed by atoms with Crippen LogP contribution in [0.15, 0.2) is 24.3 Å². The van der Waals surface area contributed by atoms with Gasteiger partial charge in [0, 0.05) is 6.04 Å². The average Bonchev–Trinajstić information content (AvgIpc) is 2.53. The second-order valence-corrected chi connectivity index (χ2v) is 7.01. The van der Waals surface area contributed by atoms with Crippen LogP contribution in [0.1, 0.15) is 63.0 Å². The third-order valence-electron chi connectivity index (χ3n) is 5.37. The lowest BCUT2D eigenvalue weighted by molar-refractivity contribution is 0.216. The molecule has 1 aromatic carbocycles. The molecule has 118 valence electrons. The van der Waals surface area contributed by atoms with Gasteiger partial charge < -0.3 is 5.32 Å². The summed E-state index contributed by atoms with van der Waals surface area (Å²) in [4.78, 5) is 0. The Morgan fingerprint density at radius 1 is 1.10 bits per heavy atom. The maximum atomic E-state index is 3.59. The molecule has 1 aromatic rings. The van der Waals surface area contributed by atoms with Crippen molar-refractivity contribution < 1.29 is 0 Å². The Morgan fingerprint density at radius 3 is 2.33 bits per heavy atom. The molecule has 0 radical (unpaired) electrons. The summed E-state index contributed by atoms with van der Waals surface area (Å²) in [6, 6.07) is 9.73. The number of hydrogen-bond acceptors (Lipinski definition) is 1. The SMILES string of the molecule is CCCCC1CCC(C(Cc2ccc(C)cc2)NC)CC1. The van der Waals surface area contributed by atoms with Crippen LogP contribution in [0.5, 0.6) is 0 Å². The molecule has 0 bridgehead atoms. The summed E-state index contributed by atoms with van der Waals surface area (Å²) in [5.41, 5.74) is 2.84. The predicted octanol–water partition coefficient (Wildman–Crippen LogP) is 5.12. The van der Waals surface area contributed by atoms with Gasteiger partial charge in [-0.2, -0.15) is 0 Å². The van der Waals surface area contributed by atoms with Crippen LogP contribution in [0, 0.1) is 18.8 Å². The van der Waals surface area contributed by atoms with E-state index in [9.17, 15) is 0 Å². The van der Waals surface area contributed by atoms with E-state index in [-0.39, 0.29) is 0 Å². The fourth-order valence-electron chi connectivity index (χ4n) is 3.85. The maximum Gasteiger partial charge on any atom is 0.0133 e. The van der Waals surface area contributed by atoms with Crippen molar-refractivity contribution >= 4 is 0 Å². The number of aryl methyl sites for hydroxylation is 1. The van der Waals surface area contributed by atoms with E-state index in [2.05, 4.69) is 50.5 Å². The third kappa shape index (κ3) is 5.14. The molecular formula is C20H33N. The summed E-state index contributed by atoms with van der Waals surface area (Å²) in [7, 11) is 2.14. The van der Waals surface area contributed by atoms with Crippen molar-refractivity contribution in [2.75, 3.05) is 7.05 Å². The van der Waals surface area contributed by atoms with Crippen molar-refractivity contribution in [3.05, 3.63) is 35.4 Å². The van der Waals surface area contributed by atoms with Gasteiger partial charge in [-0.25, -0.2) is 0 Å². The van der Waals surface area contributed by atoms with Crippen LogP contribution in [-0.2, 0) is 6.42 Å². The topological polar surface area (TPSA) is 12.0 Å². The molecule has 1 fully saturated rings.